The number of allylic oxidation sites excluding steroid dienone is 6. The Hall–Kier alpha value is -1.53. The van der Waals surface area contributed by atoms with Crippen LogP contribution in [-0.4, -0.2) is 5.60 Å². The summed E-state index contributed by atoms with van der Waals surface area (Å²) in [4.78, 5) is 0. The van der Waals surface area contributed by atoms with E-state index in [0.717, 1.165) is 56.4 Å². The monoisotopic (exact) mass is 442 g/mol. The first-order valence-corrected chi connectivity index (χ1v) is 12.3. The Balaban J connectivity index is 1.86. The first kappa shape index (κ1) is 25.7. The number of hydrogen-bond acceptors (Lipinski definition) is 2. The molecule has 172 valence electrons. The summed E-state index contributed by atoms with van der Waals surface area (Å²) in [6.45, 7) is 15.4. The maximum atomic E-state index is 6.57. The van der Waals surface area contributed by atoms with Crippen LogP contribution >= 0.6 is 9.47 Å². The van der Waals surface area contributed by atoms with E-state index in [1.54, 1.807) is 0 Å². The highest BCUT2D eigenvalue weighted by atomic mass is 31.0. The third-order valence-corrected chi connectivity index (χ3v) is 6.72. The van der Waals surface area contributed by atoms with Gasteiger partial charge in [0.15, 0.2) is 0 Å². The molecule has 2 rings (SSSR count). The molecule has 0 saturated heterocycles. The largest absolute Gasteiger partial charge is 0.487 e. The van der Waals surface area contributed by atoms with Crippen molar-refractivity contribution < 1.29 is 9.26 Å². The zero-order valence-corrected chi connectivity index (χ0v) is 22.0. The van der Waals surface area contributed by atoms with Crippen molar-refractivity contribution in [1.82, 2.24) is 0 Å². The van der Waals surface area contributed by atoms with E-state index in [9.17, 15) is 0 Å². The molecule has 0 fully saturated rings. The van der Waals surface area contributed by atoms with Crippen molar-refractivity contribution in [2.75, 3.05) is 0 Å². The fraction of sp³-hybridized carbons (Fsp3) is 0.571. The van der Waals surface area contributed by atoms with Gasteiger partial charge in [-0.25, -0.2) is 0 Å². The van der Waals surface area contributed by atoms with Crippen LogP contribution in [0.15, 0.2) is 41.0 Å². The van der Waals surface area contributed by atoms with Crippen LogP contribution < -0.4 is 9.26 Å². The fourth-order valence-corrected chi connectivity index (χ4v) is 4.56. The van der Waals surface area contributed by atoms with Crippen LogP contribution in [0.2, 0.25) is 0 Å². The van der Waals surface area contributed by atoms with E-state index >= 15 is 0 Å². The highest BCUT2D eigenvalue weighted by Crippen LogP contribution is 2.43. The lowest BCUT2D eigenvalue weighted by Gasteiger charge is -2.37. The van der Waals surface area contributed by atoms with Crippen molar-refractivity contribution >= 4 is 9.47 Å². The van der Waals surface area contributed by atoms with Crippen LogP contribution in [0.3, 0.4) is 0 Å². The van der Waals surface area contributed by atoms with Gasteiger partial charge in [0.05, 0.1) is 9.47 Å². The van der Waals surface area contributed by atoms with Crippen LogP contribution in [-0.2, 0) is 6.42 Å². The maximum Gasteiger partial charge on any atom is 0.126 e. The highest BCUT2D eigenvalue weighted by Gasteiger charge is 2.33. The number of fused-ring (bicyclic) bond motifs is 1. The lowest BCUT2D eigenvalue weighted by atomic mass is 9.86. The van der Waals surface area contributed by atoms with Gasteiger partial charge in [-0.05, 0) is 117 Å². The standard InChI is InChI=1S/C28H43O2P/c1-20(2)11-8-12-21(3)13-9-14-22(4)15-10-17-28(7)18-16-25-24(6)26(30-31)19-23(5)27(25)29-28/h11,13,15,19H,8-10,12,14,16-18,31H2,1-7H3/t28-/m1/s1. The van der Waals surface area contributed by atoms with Crippen LogP contribution in [0.4, 0.5) is 0 Å². The van der Waals surface area contributed by atoms with Crippen molar-refractivity contribution in [1.29, 1.82) is 0 Å². The van der Waals surface area contributed by atoms with E-state index in [-0.39, 0.29) is 5.60 Å². The normalized spacial score (nSPS) is 19.0. The van der Waals surface area contributed by atoms with Crippen LogP contribution in [0.5, 0.6) is 11.5 Å². The Labute approximate surface area is 193 Å². The maximum absolute atomic E-state index is 6.57. The molecule has 2 nitrogen and oxygen atoms in total. The Morgan fingerprint density at radius 3 is 2.26 bits per heavy atom. The second-order valence-electron chi connectivity index (χ2n) is 9.79. The number of aryl methyl sites for hydroxylation is 1. The first-order valence-electron chi connectivity index (χ1n) is 11.8. The lowest BCUT2D eigenvalue weighted by molar-refractivity contribution is 0.0560. The molecule has 31 heavy (non-hydrogen) atoms. The predicted molar refractivity (Wildman–Crippen MR) is 138 cm³/mol. The van der Waals surface area contributed by atoms with E-state index < -0.39 is 0 Å². The molecule has 1 aromatic carbocycles. The van der Waals surface area contributed by atoms with E-state index in [1.807, 2.05) is 0 Å². The molecule has 0 bridgehead atoms. The van der Waals surface area contributed by atoms with E-state index in [4.69, 9.17) is 9.26 Å². The zero-order valence-electron chi connectivity index (χ0n) is 20.9. The second kappa shape index (κ2) is 11.9. The molecule has 0 aliphatic carbocycles. The molecule has 0 radical (unpaired) electrons. The molecule has 1 unspecified atom stereocenters. The van der Waals surface area contributed by atoms with Crippen molar-refractivity contribution in [2.24, 2.45) is 0 Å². The molecule has 0 aromatic heterocycles. The number of ether oxygens (including phenoxy) is 1. The minimum atomic E-state index is -0.0915. The topological polar surface area (TPSA) is 18.5 Å². The molecule has 0 saturated carbocycles. The smallest absolute Gasteiger partial charge is 0.126 e. The van der Waals surface area contributed by atoms with Crippen molar-refractivity contribution in [3.63, 3.8) is 0 Å². The Morgan fingerprint density at radius 2 is 1.65 bits per heavy atom. The quantitative estimate of drug-likeness (QED) is 0.266. The van der Waals surface area contributed by atoms with Gasteiger partial charge in [-0.1, -0.05) is 34.9 Å². The first-order chi connectivity index (χ1) is 14.6. The van der Waals surface area contributed by atoms with Crippen molar-refractivity contribution in [3.8, 4) is 11.5 Å². The van der Waals surface area contributed by atoms with Gasteiger partial charge in [-0.3, -0.25) is 0 Å². The fourth-order valence-electron chi connectivity index (χ4n) is 4.32. The van der Waals surface area contributed by atoms with Crippen LogP contribution in [0, 0.1) is 13.8 Å². The molecular formula is C28H43O2P. The average molecular weight is 443 g/mol. The van der Waals surface area contributed by atoms with Gasteiger partial charge < -0.3 is 9.26 Å². The molecule has 3 heteroatoms. The summed E-state index contributed by atoms with van der Waals surface area (Å²) in [7, 11) is 2.36. The number of rotatable bonds is 10. The Kier molecular flexibility index (Phi) is 9.89. The van der Waals surface area contributed by atoms with Gasteiger partial charge in [-0.15, -0.1) is 0 Å². The highest BCUT2D eigenvalue weighted by molar-refractivity contribution is 7.10. The summed E-state index contributed by atoms with van der Waals surface area (Å²) in [6, 6.07) is 2.09. The van der Waals surface area contributed by atoms with E-state index in [2.05, 4.69) is 82.2 Å². The lowest BCUT2D eigenvalue weighted by Crippen LogP contribution is -2.36. The third-order valence-electron chi connectivity index (χ3n) is 6.47. The molecular weight excluding hydrogens is 399 g/mol. The summed E-state index contributed by atoms with van der Waals surface area (Å²) in [6.07, 6.45) is 16.0. The van der Waals surface area contributed by atoms with E-state index in [1.165, 1.54) is 39.8 Å². The van der Waals surface area contributed by atoms with Gasteiger partial charge in [0.1, 0.15) is 17.1 Å². The summed E-state index contributed by atoms with van der Waals surface area (Å²) >= 11 is 0. The third kappa shape index (κ3) is 7.83. The molecule has 1 heterocycles. The van der Waals surface area contributed by atoms with Gasteiger partial charge >= 0.3 is 0 Å². The van der Waals surface area contributed by atoms with E-state index in [0.29, 0.717) is 0 Å². The number of hydrogen-bond donors (Lipinski definition) is 0. The molecule has 1 aliphatic rings. The van der Waals surface area contributed by atoms with Crippen molar-refractivity contribution in [3.05, 3.63) is 57.7 Å². The molecule has 1 aliphatic heterocycles. The molecule has 1 aromatic rings. The van der Waals surface area contributed by atoms with Crippen LogP contribution in [0.25, 0.3) is 0 Å². The minimum absolute atomic E-state index is 0.0915. The molecule has 0 spiro atoms. The van der Waals surface area contributed by atoms with Gasteiger partial charge in [0, 0.05) is 5.56 Å². The van der Waals surface area contributed by atoms with Crippen LogP contribution in [0.1, 0.15) is 96.3 Å². The summed E-state index contributed by atoms with van der Waals surface area (Å²) in [5, 5.41) is 0. The summed E-state index contributed by atoms with van der Waals surface area (Å²) in [5.41, 5.74) is 8.00. The second-order valence-corrected chi connectivity index (χ2v) is 10.0. The molecule has 0 N–H and O–H groups in total. The van der Waals surface area contributed by atoms with Crippen molar-refractivity contribution in [2.45, 2.75) is 105 Å². The summed E-state index contributed by atoms with van der Waals surface area (Å²) < 4.78 is 12.0. The number of benzene rings is 1. The summed E-state index contributed by atoms with van der Waals surface area (Å²) in [5.74, 6) is 2.01. The van der Waals surface area contributed by atoms with Gasteiger partial charge in [-0.2, -0.15) is 0 Å². The Morgan fingerprint density at radius 1 is 1.03 bits per heavy atom. The predicted octanol–water partition coefficient (Wildman–Crippen LogP) is 8.76. The SMILES string of the molecule is CC(C)=CCCC(C)=CCCC(C)=CCC[C@]1(C)CCc2c(C)c(OP)cc(C)c2O1. The zero-order chi connectivity index (χ0) is 23.0. The average Bonchev–Trinajstić information content (AvgIpc) is 2.70. The molecule has 2 atom stereocenters. The van der Waals surface area contributed by atoms with Gasteiger partial charge in [0.25, 0.3) is 0 Å². The Bertz CT molecular complexity index is 843. The van der Waals surface area contributed by atoms with Gasteiger partial charge in [0.2, 0.25) is 0 Å². The molecule has 0 amide bonds. The minimum Gasteiger partial charge on any atom is -0.487 e.